The molecule has 4 heteroatoms. The van der Waals surface area contributed by atoms with E-state index in [2.05, 4.69) is 20.8 Å². The van der Waals surface area contributed by atoms with Gasteiger partial charge in [-0.3, -0.25) is 0 Å². The van der Waals surface area contributed by atoms with E-state index in [-0.39, 0.29) is 17.3 Å². The molecule has 2 atom stereocenters. The fourth-order valence-electron chi connectivity index (χ4n) is 2.20. The Hall–Kier alpha value is -1.13. The van der Waals surface area contributed by atoms with Crippen molar-refractivity contribution < 1.29 is 13.9 Å². The molecule has 19 heavy (non-hydrogen) atoms. The van der Waals surface area contributed by atoms with Gasteiger partial charge in [-0.1, -0.05) is 20.8 Å². The summed E-state index contributed by atoms with van der Waals surface area (Å²) in [6.07, 6.45) is -0.215. The average Bonchev–Trinajstić information content (AvgIpc) is 2.33. The summed E-state index contributed by atoms with van der Waals surface area (Å²) in [7, 11) is 1.55. The molecule has 0 aliphatic carbocycles. The van der Waals surface area contributed by atoms with E-state index in [9.17, 15) is 4.39 Å². The lowest BCUT2D eigenvalue weighted by molar-refractivity contribution is -0.0287. The highest BCUT2D eigenvalue weighted by Crippen LogP contribution is 2.35. The predicted octanol–water partition coefficient (Wildman–Crippen LogP) is 3.29. The molecular weight excluding hydrogens is 245 g/mol. The second-order valence-electron chi connectivity index (χ2n) is 5.65. The van der Waals surface area contributed by atoms with Crippen LogP contribution in [0.2, 0.25) is 0 Å². The van der Waals surface area contributed by atoms with Gasteiger partial charge in [0.1, 0.15) is 11.6 Å². The van der Waals surface area contributed by atoms with Gasteiger partial charge in [0.2, 0.25) is 0 Å². The van der Waals surface area contributed by atoms with Crippen molar-refractivity contribution in [3.8, 4) is 5.75 Å². The third-order valence-electron chi connectivity index (χ3n) is 3.08. The summed E-state index contributed by atoms with van der Waals surface area (Å²) < 4.78 is 24.5. The Morgan fingerprint density at radius 1 is 1.32 bits per heavy atom. The minimum Gasteiger partial charge on any atom is -0.496 e. The number of benzene rings is 1. The van der Waals surface area contributed by atoms with Crippen LogP contribution in [-0.4, -0.2) is 19.8 Å². The Labute approximate surface area is 114 Å². The molecule has 0 bridgehead atoms. The van der Waals surface area contributed by atoms with E-state index in [1.807, 2.05) is 6.92 Å². The fraction of sp³-hybridized carbons (Fsp3) is 0.600. The molecular formula is C15H24FNO2. The highest BCUT2D eigenvalue weighted by atomic mass is 19.1. The van der Waals surface area contributed by atoms with Gasteiger partial charge in [-0.15, -0.1) is 0 Å². The van der Waals surface area contributed by atoms with E-state index in [1.165, 1.54) is 12.1 Å². The number of halogens is 1. The van der Waals surface area contributed by atoms with Gasteiger partial charge < -0.3 is 15.2 Å². The van der Waals surface area contributed by atoms with Gasteiger partial charge in [0.25, 0.3) is 0 Å². The zero-order chi connectivity index (χ0) is 14.6. The summed E-state index contributed by atoms with van der Waals surface area (Å²) >= 11 is 0. The molecule has 0 aliphatic heterocycles. The molecule has 0 aliphatic rings. The van der Waals surface area contributed by atoms with E-state index < -0.39 is 6.04 Å². The molecule has 1 aromatic rings. The molecule has 0 saturated heterocycles. The van der Waals surface area contributed by atoms with Crippen molar-refractivity contribution in [2.45, 2.75) is 39.8 Å². The van der Waals surface area contributed by atoms with Crippen molar-refractivity contribution in [1.29, 1.82) is 0 Å². The van der Waals surface area contributed by atoms with Gasteiger partial charge in [0.15, 0.2) is 0 Å². The molecule has 0 aromatic heterocycles. The Morgan fingerprint density at radius 2 is 1.95 bits per heavy atom. The highest BCUT2D eigenvalue weighted by Gasteiger charge is 2.33. The van der Waals surface area contributed by atoms with E-state index in [0.29, 0.717) is 17.9 Å². The lowest BCUT2D eigenvalue weighted by Crippen LogP contribution is -2.39. The topological polar surface area (TPSA) is 44.5 Å². The Balaban J connectivity index is 3.15. The van der Waals surface area contributed by atoms with Gasteiger partial charge >= 0.3 is 0 Å². The molecule has 3 nitrogen and oxygen atoms in total. The highest BCUT2D eigenvalue weighted by molar-refractivity contribution is 5.37. The molecule has 0 radical (unpaired) electrons. The van der Waals surface area contributed by atoms with E-state index >= 15 is 0 Å². The standard InChI is InChI=1S/C15H24FNO2/c1-6-19-14(15(2,3)4)13(17)11-9-10(16)7-8-12(11)18-5/h7-9,13-14H,6,17H2,1-5H3. The number of nitrogens with two attached hydrogens (primary N) is 1. The first-order chi connectivity index (χ1) is 8.81. The van der Waals surface area contributed by atoms with Crippen molar-refractivity contribution >= 4 is 0 Å². The molecule has 0 fully saturated rings. The van der Waals surface area contributed by atoms with Crippen molar-refractivity contribution in [1.82, 2.24) is 0 Å². The van der Waals surface area contributed by atoms with Crippen LogP contribution in [0.1, 0.15) is 39.3 Å². The summed E-state index contributed by atoms with van der Waals surface area (Å²) in [5.74, 6) is 0.262. The molecule has 108 valence electrons. The third-order valence-corrected chi connectivity index (χ3v) is 3.08. The van der Waals surface area contributed by atoms with Gasteiger partial charge in [-0.2, -0.15) is 0 Å². The Morgan fingerprint density at radius 3 is 2.42 bits per heavy atom. The van der Waals surface area contributed by atoms with E-state index in [1.54, 1.807) is 13.2 Å². The lowest BCUT2D eigenvalue weighted by Gasteiger charge is -2.35. The average molecular weight is 269 g/mol. The van der Waals surface area contributed by atoms with Gasteiger partial charge in [-0.05, 0) is 30.5 Å². The largest absolute Gasteiger partial charge is 0.496 e. The van der Waals surface area contributed by atoms with Crippen LogP contribution < -0.4 is 10.5 Å². The van der Waals surface area contributed by atoms with Crippen LogP contribution >= 0.6 is 0 Å². The van der Waals surface area contributed by atoms with Gasteiger partial charge in [-0.25, -0.2) is 4.39 Å². The molecule has 1 rings (SSSR count). The maximum absolute atomic E-state index is 13.4. The van der Waals surface area contributed by atoms with Crippen LogP contribution in [0.4, 0.5) is 4.39 Å². The third kappa shape index (κ3) is 3.91. The fourth-order valence-corrected chi connectivity index (χ4v) is 2.20. The van der Waals surface area contributed by atoms with Crippen LogP contribution in [0, 0.1) is 11.2 Å². The van der Waals surface area contributed by atoms with Crippen LogP contribution in [0.15, 0.2) is 18.2 Å². The van der Waals surface area contributed by atoms with Crippen molar-refractivity contribution in [3.05, 3.63) is 29.6 Å². The first-order valence-corrected chi connectivity index (χ1v) is 6.51. The molecule has 2 unspecified atom stereocenters. The van der Waals surface area contributed by atoms with Crippen LogP contribution in [0.3, 0.4) is 0 Å². The number of rotatable bonds is 5. The van der Waals surface area contributed by atoms with Crippen molar-refractivity contribution in [2.24, 2.45) is 11.1 Å². The summed E-state index contributed by atoms with van der Waals surface area (Å²) in [6.45, 7) is 8.65. The molecule has 0 amide bonds. The first-order valence-electron chi connectivity index (χ1n) is 6.51. The van der Waals surface area contributed by atoms with E-state index in [0.717, 1.165) is 0 Å². The van der Waals surface area contributed by atoms with Crippen LogP contribution in [0.5, 0.6) is 5.75 Å². The van der Waals surface area contributed by atoms with Crippen LogP contribution in [-0.2, 0) is 4.74 Å². The minimum absolute atomic E-state index is 0.146. The number of ether oxygens (including phenoxy) is 2. The number of hydrogen-bond acceptors (Lipinski definition) is 3. The first kappa shape index (κ1) is 15.9. The van der Waals surface area contributed by atoms with Gasteiger partial charge in [0, 0.05) is 12.2 Å². The van der Waals surface area contributed by atoms with Crippen molar-refractivity contribution in [2.75, 3.05) is 13.7 Å². The minimum atomic E-state index is -0.439. The predicted molar refractivity (Wildman–Crippen MR) is 74.7 cm³/mol. The molecule has 0 heterocycles. The Bertz CT molecular complexity index is 415. The Kier molecular flexibility index (Phi) is 5.32. The second-order valence-corrected chi connectivity index (χ2v) is 5.65. The normalized spacial score (nSPS) is 15.1. The number of hydrogen-bond donors (Lipinski definition) is 1. The second kappa shape index (κ2) is 6.35. The summed E-state index contributed by atoms with van der Waals surface area (Å²) in [6, 6.07) is 3.94. The lowest BCUT2D eigenvalue weighted by atomic mass is 9.82. The monoisotopic (exact) mass is 269 g/mol. The molecule has 0 saturated carbocycles. The summed E-state index contributed by atoms with van der Waals surface area (Å²) in [5.41, 5.74) is 6.77. The molecule has 2 N–H and O–H groups in total. The summed E-state index contributed by atoms with van der Waals surface area (Å²) in [5, 5.41) is 0. The maximum atomic E-state index is 13.4. The van der Waals surface area contributed by atoms with Gasteiger partial charge in [0.05, 0.1) is 19.3 Å². The smallest absolute Gasteiger partial charge is 0.123 e. The van der Waals surface area contributed by atoms with Crippen LogP contribution in [0.25, 0.3) is 0 Å². The number of methoxy groups -OCH3 is 1. The molecule has 1 aromatic carbocycles. The zero-order valence-electron chi connectivity index (χ0n) is 12.4. The zero-order valence-corrected chi connectivity index (χ0v) is 12.4. The SMILES string of the molecule is CCOC(C(N)c1cc(F)ccc1OC)C(C)(C)C. The molecule has 0 spiro atoms. The van der Waals surface area contributed by atoms with Crippen molar-refractivity contribution in [3.63, 3.8) is 0 Å². The summed E-state index contributed by atoms with van der Waals surface area (Å²) in [4.78, 5) is 0. The van der Waals surface area contributed by atoms with E-state index in [4.69, 9.17) is 15.2 Å². The maximum Gasteiger partial charge on any atom is 0.123 e. The quantitative estimate of drug-likeness (QED) is 0.892.